The van der Waals surface area contributed by atoms with E-state index in [-0.39, 0.29) is 29.3 Å². The van der Waals surface area contributed by atoms with Gasteiger partial charge in [-0.3, -0.25) is 9.59 Å². The molecule has 3 heteroatoms. The van der Waals surface area contributed by atoms with Crippen molar-refractivity contribution >= 4 is 11.6 Å². The molecule has 0 aliphatic rings. The van der Waals surface area contributed by atoms with Crippen LogP contribution < -0.4 is 0 Å². The van der Waals surface area contributed by atoms with Crippen molar-refractivity contribution in [2.45, 2.75) is 26.2 Å². The van der Waals surface area contributed by atoms with Gasteiger partial charge in [-0.2, -0.15) is 0 Å². The number of benzene rings is 1. The van der Waals surface area contributed by atoms with Crippen LogP contribution in [0.25, 0.3) is 0 Å². The molecule has 0 unspecified atom stereocenters. The summed E-state index contributed by atoms with van der Waals surface area (Å²) in [5.74, 6) is -0.455. The summed E-state index contributed by atoms with van der Waals surface area (Å²) in [7, 11) is 0. The molecule has 0 atom stereocenters. The summed E-state index contributed by atoms with van der Waals surface area (Å²) < 4.78 is 0. The number of Topliss-reactive ketones (excluding diaryl/α,β-unsaturated/α-hetero) is 2. The molecule has 0 fully saturated rings. The molecule has 0 aromatic heterocycles. The summed E-state index contributed by atoms with van der Waals surface area (Å²) in [6.45, 7) is 1.89. The maximum atomic E-state index is 11.6. The van der Waals surface area contributed by atoms with E-state index in [9.17, 15) is 14.7 Å². The number of rotatable bonds is 5. The Morgan fingerprint density at radius 1 is 1.27 bits per heavy atom. The number of phenolic OH excluding ortho intramolecular Hbond substituents is 1. The van der Waals surface area contributed by atoms with E-state index in [2.05, 4.69) is 0 Å². The van der Waals surface area contributed by atoms with Gasteiger partial charge < -0.3 is 5.11 Å². The molecule has 1 N–H and O–H groups in total. The van der Waals surface area contributed by atoms with Crippen LogP contribution in [0.1, 0.15) is 36.5 Å². The molecule has 80 valence electrons. The van der Waals surface area contributed by atoms with E-state index in [4.69, 9.17) is 0 Å². The van der Waals surface area contributed by atoms with Crippen LogP contribution in [0.3, 0.4) is 0 Å². The van der Waals surface area contributed by atoms with Gasteiger partial charge in [0.15, 0.2) is 5.78 Å². The first-order chi connectivity index (χ1) is 7.15. The molecule has 0 amide bonds. The minimum absolute atomic E-state index is 0.0631. The van der Waals surface area contributed by atoms with Gasteiger partial charge in [0.2, 0.25) is 0 Å². The fourth-order valence-corrected chi connectivity index (χ4v) is 1.35. The quantitative estimate of drug-likeness (QED) is 0.594. The fraction of sp³-hybridized carbons (Fsp3) is 0.333. The largest absolute Gasteiger partial charge is 0.507 e. The zero-order chi connectivity index (χ0) is 11.3. The second kappa shape index (κ2) is 5.29. The Hall–Kier alpha value is -1.64. The van der Waals surface area contributed by atoms with Gasteiger partial charge in [0.1, 0.15) is 11.5 Å². The zero-order valence-electron chi connectivity index (χ0n) is 8.69. The molecule has 1 aromatic carbocycles. The van der Waals surface area contributed by atoms with Crippen LogP contribution >= 0.6 is 0 Å². The van der Waals surface area contributed by atoms with Crippen LogP contribution in [0, 0.1) is 0 Å². The third-order valence-corrected chi connectivity index (χ3v) is 2.09. The van der Waals surface area contributed by atoms with Gasteiger partial charge in [-0.25, -0.2) is 0 Å². The van der Waals surface area contributed by atoms with Crippen LogP contribution in [0.5, 0.6) is 5.75 Å². The molecular formula is C12H14O3. The third kappa shape index (κ3) is 3.20. The Balaban J connectivity index is 2.70. The number of carbonyl (C=O) groups excluding carboxylic acids is 2. The fourth-order valence-electron chi connectivity index (χ4n) is 1.35. The van der Waals surface area contributed by atoms with E-state index in [1.165, 1.54) is 12.1 Å². The molecule has 0 aliphatic carbocycles. The first kappa shape index (κ1) is 11.4. The number of phenols is 1. The van der Waals surface area contributed by atoms with Gasteiger partial charge >= 0.3 is 0 Å². The summed E-state index contributed by atoms with van der Waals surface area (Å²) in [6.07, 6.45) is 1.04. The first-order valence-corrected chi connectivity index (χ1v) is 4.98. The Labute approximate surface area is 88.7 Å². The van der Waals surface area contributed by atoms with Crippen molar-refractivity contribution in [3.05, 3.63) is 29.8 Å². The minimum Gasteiger partial charge on any atom is -0.507 e. The Bertz CT molecular complexity index is 369. The van der Waals surface area contributed by atoms with Crippen molar-refractivity contribution in [3.8, 4) is 5.75 Å². The second-order valence-electron chi connectivity index (χ2n) is 3.41. The highest BCUT2D eigenvalue weighted by atomic mass is 16.3. The van der Waals surface area contributed by atoms with E-state index in [0.717, 1.165) is 6.42 Å². The first-order valence-electron chi connectivity index (χ1n) is 4.98. The van der Waals surface area contributed by atoms with Crippen LogP contribution in [0.15, 0.2) is 24.3 Å². The van der Waals surface area contributed by atoms with Crippen molar-refractivity contribution in [2.75, 3.05) is 0 Å². The van der Waals surface area contributed by atoms with Gasteiger partial charge in [-0.05, 0) is 18.6 Å². The van der Waals surface area contributed by atoms with Crippen molar-refractivity contribution in [1.82, 2.24) is 0 Å². The van der Waals surface area contributed by atoms with E-state index in [1.807, 2.05) is 6.92 Å². The molecule has 0 radical (unpaired) electrons. The lowest BCUT2D eigenvalue weighted by Crippen LogP contribution is -2.07. The lowest BCUT2D eigenvalue weighted by Gasteiger charge is -2.02. The summed E-state index contributed by atoms with van der Waals surface area (Å²) >= 11 is 0. The maximum absolute atomic E-state index is 11.6. The molecule has 15 heavy (non-hydrogen) atoms. The van der Waals surface area contributed by atoms with Crippen molar-refractivity contribution in [3.63, 3.8) is 0 Å². The zero-order valence-corrected chi connectivity index (χ0v) is 8.69. The predicted molar refractivity (Wildman–Crippen MR) is 57.0 cm³/mol. The van der Waals surface area contributed by atoms with Crippen LogP contribution in [-0.4, -0.2) is 16.7 Å². The van der Waals surface area contributed by atoms with Crippen LogP contribution in [-0.2, 0) is 4.79 Å². The van der Waals surface area contributed by atoms with E-state index in [0.29, 0.717) is 6.42 Å². The SMILES string of the molecule is CCCC(=O)CC(=O)c1ccccc1O. The topological polar surface area (TPSA) is 54.4 Å². The standard InChI is InChI=1S/C12H14O3/c1-2-5-9(13)8-12(15)10-6-3-4-7-11(10)14/h3-4,6-7,14H,2,5,8H2,1H3. The van der Waals surface area contributed by atoms with E-state index < -0.39 is 0 Å². The normalized spacial score (nSPS) is 9.93. The highest BCUT2D eigenvalue weighted by molar-refractivity contribution is 6.09. The second-order valence-corrected chi connectivity index (χ2v) is 3.41. The van der Waals surface area contributed by atoms with Crippen molar-refractivity contribution in [1.29, 1.82) is 0 Å². The van der Waals surface area contributed by atoms with Crippen molar-refractivity contribution in [2.24, 2.45) is 0 Å². The number of carbonyl (C=O) groups is 2. The highest BCUT2D eigenvalue weighted by Gasteiger charge is 2.13. The Morgan fingerprint density at radius 3 is 2.53 bits per heavy atom. The molecular weight excluding hydrogens is 192 g/mol. The molecule has 3 nitrogen and oxygen atoms in total. The van der Waals surface area contributed by atoms with Gasteiger partial charge in [0, 0.05) is 6.42 Å². The number of hydrogen-bond donors (Lipinski definition) is 1. The molecule has 1 aromatic rings. The summed E-state index contributed by atoms with van der Waals surface area (Å²) in [6, 6.07) is 6.27. The number of aromatic hydroxyl groups is 1. The molecule has 1 rings (SSSR count). The van der Waals surface area contributed by atoms with Gasteiger partial charge in [-0.15, -0.1) is 0 Å². The molecule has 0 bridgehead atoms. The Morgan fingerprint density at radius 2 is 1.93 bits per heavy atom. The molecule has 0 spiro atoms. The third-order valence-electron chi connectivity index (χ3n) is 2.09. The summed E-state index contributed by atoms with van der Waals surface area (Å²) in [5, 5.41) is 9.39. The predicted octanol–water partition coefficient (Wildman–Crippen LogP) is 2.33. The summed E-state index contributed by atoms with van der Waals surface area (Å²) in [5.41, 5.74) is 0.224. The molecule has 0 heterocycles. The van der Waals surface area contributed by atoms with E-state index in [1.54, 1.807) is 12.1 Å². The lowest BCUT2D eigenvalue weighted by atomic mass is 10.0. The average molecular weight is 206 g/mol. The van der Waals surface area contributed by atoms with Crippen molar-refractivity contribution < 1.29 is 14.7 Å². The maximum Gasteiger partial charge on any atom is 0.173 e. The molecule has 0 saturated heterocycles. The smallest absolute Gasteiger partial charge is 0.173 e. The van der Waals surface area contributed by atoms with Gasteiger partial charge in [0.25, 0.3) is 0 Å². The number of hydrogen-bond acceptors (Lipinski definition) is 3. The molecule has 0 aliphatic heterocycles. The van der Waals surface area contributed by atoms with Gasteiger partial charge in [-0.1, -0.05) is 19.1 Å². The minimum atomic E-state index is -0.313. The monoisotopic (exact) mass is 206 g/mol. The van der Waals surface area contributed by atoms with Crippen LogP contribution in [0.4, 0.5) is 0 Å². The average Bonchev–Trinajstić information content (AvgIpc) is 2.18. The number of para-hydroxylation sites is 1. The lowest BCUT2D eigenvalue weighted by molar-refractivity contribution is -0.118. The number of ketones is 2. The molecule has 0 saturated carbocycles. The van der Waals surface area contributed by atoms with E-state index >= 15 is 0 Å². The summed E-state index contributed by atoms with van der Waals surface area (Å²) in [4.78, 5) is 22.8. The van der Waals surface area contributed by atoms with Crippen LogP contribution in [0.2, 0.25) is 0 Å². The Kier molecular flexibility index (Phi) is 4.03. The highest BCUT2D eigenvalue weighted by Crippen LogP contribution is 2.17. The van der Waals surface area contributed by atoms with Gasteiger partial charge in [0.05, 0.1) is 12.0 Å².